The molecule has 0 radical (unpaired) electrons. The van der Waals surface area contributed by atoms with Crippen molar-refractivity contribution in [3.8, 4) is 0 Å². The van der Waals surface area contributed by atoms with Gasteiger partial charge in [-0.2, -0.15) is 8.78 Å². The lowest BCUT2D eigenvalue weighted by Gasteiger charge is -2.34. The van der Waals surface area contributed by atoms with Gasteiger partial charge in [0.2, 0.25) is 5.91 Å². The molecule has 0 aliphatic carbocycles. The van der Waals surface area contributed by atoms with Crippen LogP contribution in [0.5, 0.6) is 0 Å². The van der Waals surface area contributed by atoms with Crippen molar-refractivity contribution in [2.75, 3.05) is 26.7 Å². The number of rotatable bonds is 3. The molecular formula is C17H30F2N2O3. The van der Waals surface area contributed by atoms with Gasteiger partial charge in [-0.1, -0.05) is 20.3 Å². The predicted octanol–water partition coefficient (Wildman–Crippen LogP) is 2.75. The second-order valence-corrected chi connectivity index (χ2v) is 6.85. The first kappa shape index (κ1) is 20.8. The van der Waals surface area contributed by atoms with Crippen LogP contribution in [-0.2, 0) is 14.3 Å². The van der Waals surface area contributed by atoms with E-state index in [-0.39, 0.29) is 19.2 Å². The molecule has 2 aliphatic heterocycles. The van der Waals surface area contributed by atoms with Gasteiger partial charge in [-0.3, -0.25) is 9.59 Å². The average molecular weight is 348 g/mol. The molecule has 140 valence electrons. The van der Waals surface area contributed by atoms with E-state index < -0.39 is 12.0 Å². The molecule has 0 aromatic heterocycles. The molecule has 2 aliphatic rings. The van der Waals surface area contributed by atoms with Gasteiger partial charge in [0.15, 0.2) is 0 Å². The number of halogens is 2. The fraction of sp³-hybridized carbons (Fsp3) is 0.882. The zero-order valence-corrected chi connectivity index (χ0v) is 15.3. The van der Waals surface area contributed by atoms with Crippen LogP contribution < -0.4 is 0 Å². The number of amides is 2. The molecule has 0 spiro atoms. The second-order valence-electron chi connectivity index (χ2n) is 6.85. The molecule has 7 heteroatoms. The lowest BCUT2D eigenvalue weighted by molar-refractivity contribution is -0.257. The lowest BCUT2D eigenvalue weighted by atomic mass is 9.84. The van der Waals surface area contributed by atoms with E-state index in [0.717, 1.165) is 24.3 Å². The highest BCUT2D eigenvalue weighted by Crippen LogP contribution is 2.26. The van der Waals surface area contributed by atoms with E-state index in [4.69, 9.17) is 0 Å². The molecular weight excluding hydrogens is 318 g/mol. The molecule has 2 unspecified atom stereocenters. The normalized spacial score (nSPS) is 25.4. The number of piperidine rings is 1. The number of carbonyl (C=O) groups excluding carboxylic acids is 2. The molecule has 0 aromatic carbocycles. The zero-order chi connectivity index (χ0) is 18.5. The van der Waals surface area contributed by atoms with E-state index in [9.17, 15) is 18.4 Å². The van der Waals surface area contributed by atoms with Crippen LogP contribution in [0.25, 0.3) is 0 Å². The van der Waals surface area contributed by atoms with Gasteiger partial charge in [-0.15, -0.1) is 0 Å². The van der Waals surface area contributed by atoms with Crippen molar-refractivity contribution < 1.29 is 23.1 Å². The van der Waals surface area contributed by atoms with Gasteiger partial charge in [0.1, 0.15) is 0 Å². The number of likely N-dealkylation sites (tertiary alicyclic amines) is 1. The standard InChI is InChI=1S/C10H19NO.C7H11F2NO2/c1-4-8(2)9-6-5-7-11(3)10(9)12;1-5(2)10-3-4-12-7(8,9)6(10)11/h8-9H,4-7H2,1-3H3;5H,3-4H2,1-2H3. The first-order valence-corrected chi connectivity index (χ1v) is 8.69. The van der Waals surface area contributed by atoms with E-state index in [2.05, 4.69) is 18.6 Å². The number of alkyl halides is 2. The van der Waals surface area contributed by atoms with Crippen LogP contribution in [0.1, 0.15) is 47.0 Å². The summed E-state index contributed by atoms with van der Waals surface area (Å²) in [4.78, 5) is 25.6. The molecule has 0 bridgehead atoms. The van der Waals surface area contributed by atoms with Crippen molar-refractivity contribution >= 4 is 11.8 Å². The number of morpholine rings is 1. The summed E-state index contributed by atoms with van der Waals surface area (Å²) in [6.45, 7) is 8.82. The van der Waals surface area contributed by atoms with Crippen molar-refractivity contribution in [3.05, 3.63) is 0 Å². The molecule has 5 nitrogen and oxygen atoms in total. The number of hydrogen-bond acceptors (Lipinski definition) is 3. The van der Waals surface area contributed by atoms with E-state index in [1.54, 1.807) is 13.8 Å². The van der Waals surface area contributed by atoms with E-state index in [1.165, 1.54) is 6.42 Å². The van der Waals surface area contributed by atoms with Crippen molar-refractivity contribution in [2.45, 2.75) is 59.1 Å². The Kier molecular flexibility index (Phi) is 7.57. The highest BCUT2D eigenvalue weighted by molar-refractivity contribution is 5.82. The van der Waals surface area contributed by atoms with Crippen LogP contribution >= 0.6 is 0 Å². The van der Waals surface area contributed by atoms with Gasteiger partial charge < -0.3 is 14.5 Å². The van der Waals surface area contributed by atoms with Crippen molar-refractivity contribution in [2.24, 2.45) is 11.8 Å². The summed E-state index contributed by atoms with van der Waals surface area (Å²) in [5, 5.41) is 0. The molecule has 2 atom stereocenters. The van der Waals surface area contributed by atoms with Gasteiger partial charge >= 0.3 is 12.0 Å². The molecule has 2 amide bonds. The lowest BCUT2D eigenvalue weighted by Crippen LogP contribution is -2.54. The minimum Gasteiger partial charge on any atom is -0.346 e. The Morgan fingerprint density at radius 3 is 2.38 bits per heavy atom. The van der Waals surface area contributed by atoms with Crippen molar-refractivity contribution in [1.82, 2.24) is 9.80 Å². The van der Waals surface area contributed by atoms with Crippen LogP contribution in [-0.4, -0.2) is 60.5 Å². The van der Waals surface area contributed by atoms with E-state index >= 15 is 0 Å². The Labute approximate surface area is 143 Å². The highest BCUT2D eigenvalue weighted by atomic mass is 19.3. The summed E-state index contributed by atoms with van der Waals surface area (Å²) in [6, 6.07) is -0.202. The maximum absolute atomic E-state index is 12.6. The third-order valence-corrected chi connectivity index (χ3v) is 4.78. The number of ether oxygens (including phenoxy) is 1. The molecule has 24 heavy (non-hydrogen) atoms. The SMILES string of the molecule is CC(C)N1CCOC(F)(F)C1=O.CCC(C)C1CCCN(C)C1=O. The molecule has 2 saturated heterocycles. The van der Waals surface area contributed by atoms with Crippen molar-refractivity contribution in [1.29, 1.82) is 0 Å². The minimum atomic E-state index is -3.62. The molecule has 2 heterocycles. The summed E-state index contributed by atoms with van der Waals surface area (Å²) in [7, 11) is 1.91. The Hall–Kier alpha value is -1.24. The van der Waals surface area contributed by atoms with Crippen LogP contribution in [0, 0.1) is 11.8 Å². The zero-order valence-electron chi connectivity index (χ0n) is 15.3. The highest BCUT2D eigenvalue weighted by Gasteiger charge is 2.47. The molecule has 0 saturated carbocycles. The third-order valence-electron chi connectivity index (χ3n) is 4.78. The molecule has 2 fully saturated rings. The first-order valence-electron chi connectivity index (χ1n) is 8.69. The predicted molar refractivity (Wildman–Crippen MR) is 87.6 cm³/mol. The maximum Gasteiger partial charge on any atom is 0.436 e. The number of carbonyl (C=O) groups is 2. The van der Waals surface area contributed by atoms with Gasteiger partial charge in [0.05, 0.1) is 6.61 Å². The number of hydrogen-bond donors (Lipinski definition) is 0. The van der Waals surface area contributed by atoms with Gasteiger partial charge in [-0.25, -0.2) is 0 Å². The van der Waals surface area contributed by atoms with Crippen LogP contribution in [0.3, 0.4) is 0 Å². The monoisotopic (exact) mass is 348 g/mol. The minimum absolute atomic E-state index is 0.100. The topological polar surface area (TPSA) is 49.9 Å². The Morgan fingerprint density at radius 1 is 1.25 bits per heavy atom. The molecule has 0 aromatic rings. The Balaban J connectivity index is 0.000000240. The van der Waals surface area contributed by atoms with Crippen molar-refractivity contribution in [3.63, 3.8) is 0 Å². The van der Waals surface area contributed by atoms with E-state index in [1.807, 2.05) is 11.9 Å². The Bertz CT molecular complexity index is 444. The second kappa shape index (κ2) is 8.74. The largest absolute Gasteiger partial charge is 0.436 e. The Morgan fingerprint density at radius 2 is 1.88 bits per heavy atom. The van der Waals surface area contributed by atoms with Gasteiger partial charge in [-0.05, 0) is 32.6 Å². The first-order chi connectivity index (χ1) is 11.1. The number of nitrogens with zero attached hydrogens (tertiary/aromatic N) is 2. The summed E-state index contributed by atoms with van der Waals surface area (Å²) in [6.07, 6.45) is -0.234. The van der Waals surface area contributed by atoms with Crippen LogP contribution in [0.4, 0.5) is 8.78 Å². The molecule has 0 N–H and O–H groups in total. The average Bonchev–Trinajstić information content (AvgIpc) is 2.52. The van der Waals surface area contributed by atoms with Gasteiger partial charge in [0, 0.05) is 32.1 Å². The summed E-state index contributed by atoms with van der Waals surface area (Å²) in [5.74, 6) is -0.0200. The van der Waals surface area contributed by atoms with Gasteiger partial charge in [0.25, 0.3) is 0 Å². The quantitative estimate of drug-likeness (QED) is 0.788. The van der Waals surface area contributed by atoms with Crippen LogP contribution in [0.2, 0.25) is 0 Å². The smallest absolute Gasteiger partial charge is 0.346 e. The fourth-order valence-electron chi connectivity index (χ4n) is 2.97. The van der Waals surface area contributed by atoms with E-state index in [0.29, 0.717) is 17.7 Å². The van der Waals surface area contributed by atoms with Crippen LogP contribution in [0.15, 0.2) is 0 Å². The summed E-state index contributed by atoms with van der Waals surface area (Å²) >= 11 is 0. The fourth-order valence-corrected chi connectivity index (χ4v) is 2.97. The summed E-state index contributed by atoms with van der Waals surface area (Å²) < 4.78 is 29.2. The summed E-state index contributed by atoms with van der Waals surface area (Å²) in [5.41, 5.74) is 0. The maximum atomic E-state index is 12.6. The third kappa shape index (κ3) is 5.13. The molecule has 2 rings (SSSR count).